The first-order chi connectivity index (χ1) is 16.2. The van der Waals surface area contributed by atoms with Crippen molar-refractivity contribution in [3.05, 3.63) is 48.3 Å². The van der Waals surface area contributed by atoms with E-state index in [1.165, 1.54) is 0 Å². The summed E-state index contributed by atoms with van der Waals surface area (Å²) in [5, 5.41) is 11.9. The molecule has 0 saturated heterocycles. The molecule has 2 aromatic heterocycles. The van der Waals surface area contributed by atoms with Gasteiger partial charge in [-0.1, -0.05) is 24.6 Å². The molecular formula is C24H25N5O4. The van der Waals surface area contributed by atoms with Gasteiger partial charge in [0, 0.05) is 25.1 Å². The number of esters is 1. The highest BCUT2D eigenvalue weighted by Crippen LogP contribution is 2.35. The number of aryl methyl sites for hydroxylation is 1. The van der Waals surface area contributed by atoms with Crippen molar-refractivity contribution in [3.8, 4) is 17.2 Å². The molecule has 0 aliphatic carbocycles. The Labute approximate surface area is 190 Å². The molecule has 0 atom stereocenters. The van der Waals surface area contributed by atoms with Crippen molar-refractivity contribution in [2.45, 2.75) is 32.6 Å². The van der Waals surface area contributed by atoms with Crippen LogP contribution >= 0.6 is 0 Å². The molecule has 2 aromatic carbocycles. The van der Waals surface area contributed by atoms with Gasteiger partial charge in [0.2, 0.25) is 5.65 Å². The SMILES string of the molecule is Cc1nnc2c(NCCCCCC(=O)Oc3ccccc3)nc3cc4c(cc3n12)OCCO4. The van der Waals surface area contributed by atoms with Crippen molar-refractivity contribution in [3.63, 3.8) is 0 Å². The minimum Gasteiger partial charge on any atom is -0.486 e. The Morgan fingerprint density at radius 3 is 2.67 bits per heavy atom. The van der Waals surface area contributed by atoms with Crippen molar-refractivity contribution < 1.29 is 19.0 Å². The maximum atomic E-state index is 12.0. The number of benzene rings is 2. The number of aromatic nitrogens is 4. The van der Waals surface area contributed by atoms with Gasteiger partial charge in [-0.2, -0.15) is 0 Å². The third-order valence-electron chi connectivity index (χ3n) is 5.47. The highest BCUT2D eigenvalue weighted by Gasteiger charge is 2.18. The maximum Gasteiger partial charge on any atom is 0.311 e. The molecule has 9 nitrogen and oxygen atoms in total. The third-order valence-corrected chi connectivity index (χ3v) is 5.47. The largest absolute Gasteiger partial charge is 0.486 e. The molecular weight excluding hydrogens is 422 g/mol. The summed E-state index contributed by atoms with van der Waals surface area (Å²) in [6.45, 7) is 3.67. The Morgan fingerprint density at radius 1 is 1.06 bits per heavy atom. The van der Waals surface area contributed by atoms with Gasteiger partial charge in [0.05, 0.1) is 11.0 Å². The fraction of sp³-hybridized carbons (Fsp3) is 0.333. The van der Waals surface area contributed by atoms with Crippen molar-refractivity contribution in [1.82, 2.24) is 19.6 Å². The van der Waals surface area contributed by atoms with Crippen LogP contribution in [0.4, 0.5) is 5.82 Å². The molecule has 33 heavy (non-hydrogen) atoms. The number of nitrogens with zero attached hydrogens (tertiary/aromatic N) is 4. The molecule has 1 aliphatic rings. The van der Waals surface area contributed by atoms with Crippen molar-refractivity contribution in [2.75, 3.05) is 25.1 Å². The monoisotopic (exact) mass is 447 g/mol. The number of hydrogen-bond donors (Lipinski definition) is 1. The van der Waals surface area contributed by atoms with Gasteiger partial charge in [0.15, 0.2) is 17.3 Å². The van der Waals surface area contributed by atoms with E-state index in [-0.39, 0.29) is 5.97 Å². The smallest absolute Gasteiger partial charge is 0.311 e. The summed E-state index contributed by atoms with van der Waals surface area (Å²) >= 11 is 0. The molecule has 0 unspecified atom stereocenters. The normalized spacial score (nSPS) is 12.8. The number of anilines is 1. The second-order valence-corrected chi connectivity index (χ2v) is 7.88. The van der Waals surface area contributed by atoms with Crippen LogP contribution in [0.15, 0.2) is 42.5 Å². The Bertz CT molecular complexity index is 1290. The van der Waals surface area contributed by atoms with E-state index in [2.05, 4.69) is 15.5 Å². The van der Waals surface area contributed by atoms with Gasteiger partial charge in [-0.15, -0.1) is 10.2 Å². The molecule has 0 radical (unpaired) electrons. The summed E-state index contributed by atoms with van der Waals surface area (Å²) < 4.78 is 18.7. The number of ether oxygens (including phenoxy) is 3. The summed E-state index contributed by atoms with van der Waals surface area (Å²) in [7, 11) is 0. The average Bonchev–Trinajstić information content (AvgIpc) is 3.22. The van der Waals surface area contributed by atoms with E-state index in [9.17, 15) is 4.79 Å². The van der Waals surface area contributed by atoms with Gasteiger partial charge in [0.25, 0.3) is 0 Å². The Morgan fingerprint density at radius 2 is 1.85 bits per heavy atom. The zero-order valence-corrected chi connectivity index (χ0v) is 18.4. The van der Waals surface area contributed by atoms with Gasteiger partial charge in [-0.05, 0) is 31.9 Å². The number of carbonyl (C=O) groups is 1. The van der Waals surface area contributed by atoms with Gasteiger partial charge in [-0.3, -0.25) is 9.20 Å². The topological polar surface area (TPSA) is 99.9 Å². The zero-order valence-electron chi connectivity index (χ0n) is 18.4. The molecule has 170 valence electrons. The minimum absolute atomic E-state index is 0.208. The van der Waals surface area contributed by atoms with E-state index in [0.717, 1.165) is 36.1 Å². The van der Waals surface area contributed by atoms with Crippen LogP contribution < -0.4 is 19.5 Å². The van der Waals surface area contributed by atoms with Crippen molar-refractivity contribution in [2.24, 2.45) is 0 Å². The van der Waals surface area contributed by atoms with Crippen LogP contribution in [0.5, 0.6) is 17.2 Å². The van der Waals surface area contributed by atoms with Gasteiger partial charge < -0.3 is 19.5 Å². The number of rotatable bonds is 8. The summed E-state index contributed by atoms with van der Waals surface area (Å²) in [5.41, 5.74) is 2.32. The van der Waals surface area contributed by atoms with Gasteiger partial charge in [0.1, 0.15) is 24.8 Å². The molecule has 4 aromatic rings. The summed E-state index contributed by atoms with van der Waals surface area (Å²) in [5.74, 6) is 3.21. The van der Waals surface area contributed by atoms with Crippen LogP contribution in [0.2, 0.25) is 0 Å². The third kappa shape index (κ3) is 4.52. The van der Waals surface area contributed by atoms with Crippen molar-refractivity contribution in [1.29, 1.82) is 0 Å². The fourth-order valence-electron chi connectivity index (χ4n) is 3.88. The summed E-state index contributed by atoms with van der Waals surface area (Å²) in [4.78, 5) is 16.7. The standard InChI is InChI=1S/C24H25N5O4/c1-16-27-28-24-23(25-11-7-3-6-10-22(30)33-17-8-4-2-5-9-17)26-18-14-20-21(32-13-12-31-20)15-19(18)29(16)24/h2,4-5,8-9,14-15H,3,6-7,10-13H2,1H3,(H,25,26). The van der Waals surface area contributed by atoms with Crippen molar-refractivity contribution >= 4 is 28.5 Å². The number of carbonyl (C=O) groups excluding carboxylic acids is 1. The second kappa shape index (κ2) is 9.32. The van der Waals surface area contributed by atoms with Crippen LogP contribution in [0.25, 0.3) is 16.7 Å². The highest BCUT2D eigenvalue weighted by atomic mass is 16.6. The molecule has 0 bridgehead atoms. The lowest BCUT2D eigenvalue weighted by Gasteiger charge is -2.19. The van der Waals surface area contributed by atoms with E-state index in [0.29, 0.717) is 54.9 Å². The highest BCUT2D eigenvalue weighted by molar-refractivity contribution is 5.86. The number of unbranched alkanes of at least 4 members (excludes halogenated alkanes) is 2. The molecule has 3 heterocycles. The lowest BCUT2D eigenvalue weighted by molar-refractivity contribution is -0.134. The molecule has 5 rings (SSSR count). The van der Waals surface area contributed by atoms with Crippen LogP contribution in [-0.2, 0) is 4.79 Å². The van der Waals surface area contributed by atoms with E-state index in [1.54, 1.807) is 12.1 Å². The van der Waals surface area contributed by atoms with Crippen LogP contribution in [0, 0.1) is 6.92 Å². The van der Waals surface area contributed by atoms with E-state index in [1.807, 2.05) is 41.7 Å². The lowest BCUT2D eigenvalue weighted by atomic mass is 10.2. The number of fused-ring (bicyclic) bond motifs is 4. The zero-order chi connectivity index (χ0) is 22.6. The molecule has 0 saturated carbocycles. The number of hydrogen-bond acceptors (Lipinski definition) is 8. The molecule has 1 aliphatic heterocycles. The van der Waals surface area contributed by atoms with Crippen LogP contribution in [0.1, 0.15) is 31.5 Å². The maximum absolute atomic E-state index is 12.0. The Kier molecular flexibility index (Phi) is 5.93. The molecule has 1 N–H and O–H groups in total. The molecule has 0 amide bonds. The minimum atomic E-state index is -0.208. The molecule has 9 heteroatoms. The second-order valence-electron chi connectivity index (χ2n) is 7.88. The van der Waals surface area contributed by atoms with Crippen LogP contribution in [0.3, 0.4) is 0 Å². The van der Waals surface area contributed by atoms with E-state index >= 15 is 0 Å². The number of nitrogens with one attached hydrogen (secondary N) is 1. The van der Waals surface area contributed by atoms with Crippen LogP contribution in [-0.4, -0.2) is 45.3 Å². The van der Waals surface area contributed by atoms with E-state index < -0.39 is 0 Å². The fourth-order valence-corrected chi connectivity index (χ4v) is 3.88. The number of para-hydroxylation sites is 1. The summed E-state index contributed by atoms with van der Waals surface area (Å²) in [6.07, 6.45) is 2.94. The van der Waals surface area contributed by atoms with Gasteiger partial charge in [-0.25, -0.2) is 4.98 Å². The first kappa shape index (κ1) is 21.0. The Balaban J connectivity index is 1.20. The molecule has 0 fully saturated rings. The average molecular weight is 447 g/mol. The Hall–Kier alpha value is -3.88. The van der Waals surface area contributed by atoms with Gasteiger partial charge >= 0.3 is 5.97 Å². The predicted octanol–water partition coefficient (Wildman–Crippen LogP) is 3.94. The van der Waals surface area contributed by atoms with E-state index in [4.69, 9.17) is 19.2 Å². The first-order valence-corrected chi connectivity index (χ1v) is 11.1. The molecule has 0 spiro atoms. The quantitative estimate of drug-likeness (QED) is 0.246. The summed E-state index contributed by atoms with van der Waals surface area (Å²) in [6, 6.07) is 13.0. The first-order valence-electron chi connectivity index (χ1n) is 11.1. The lowest BCUT2D eigenvalue weighted by Crippen LogP contribution is -2.15. The predicted molar refractivity (Wildman–Crippen MR) is 123 cm³/mol.